The van der Waals surface area contributed by atoms with Gasteiger partial charge >= 0.3 is 0 Å². The smallest absolute Gasteiger partial charge is 0.144 e. The average molecular weight is 266 g/mol. The number of thioether (sulfide) groups is 1. The van der Waals surface area contributed by atoms with Gasteiger partial charge in [-0.25, -0.2) is 0 Å². The van der Waals surface area contributed by atoms with Crippen molar-refractivity contribution in [2.24, 2.45) is 0 Å². The van der Waals surface area contributed by atoms with Gasteiger partial charge in [0.2, 0.25) is 0 Å². The maximum atomic E-state index is 5.94. The molecule has 1 aliphatic heterocycles. The van der Waals surface area contributed by atoms with Gasteiger partial charge in [0.15, 0.2) is 0 Å². The molecule has 1 aromatic rings. The van der Waals surface area contributed by atoms with Crippen molar-refractivity contribution in [2.45, 2.75) is 32.4 Å². The number of anilines is 2. The summed E-state index contributed by atoms with van der Waals surface area (Å²) in [5.41, 5.74) is 7.84. The second kappa shape index (κ2) is 5.74. The number of nitrogens with two attached hydrogens (primary N) is 1. The van der Waals surface area contributed by atoms with Crippen molar-refractivity contribution in [2.75, 3.05) is 29.2 Å². The molecule has 1 saturated heterocycles. The maximum absolute atomic E-state index is 5.94. The standard InChI is InChI=1S/C14H22N2OS/c1-10(2)17-14-8-11(4-5-13(14)15)16(3)12-6-7-18-9-12/h4-5,8,10,12H,6-7,9,15H2,1-3H3. The first-order valence-electron chi connectivity index (χ1n) is 6.44. The first-order chi connectivity index (χ1) is 8.58. The summed E-state index contributed by atoms with van der Waals surface area (Å²) in [6.07, 6.45) is 1.40. The summed E-state index contributed by atoms with van der Waals surface area (Å²) < 4.78 is 5.74. The highest BCUT2D eigenvalue weighted by atomic mass is 32.2. The number of ether oxygens (including phenoxy) is 1. The highest BCUT2D eigenvalue weighted by molar-refractivity contribution is 7.99. The van der Waals surface area contributed by atoms with E-state index in [0.717, 1.165) is 5.75 Å². The van der Waals surface area contributed by atoms with Gasteiger partial charge in [-0.2, -0.15) is 11.8 Å². The lowest BCUT2D eigenvalue weighted by atomic mass is 10.2. The SMILES string of the molecule is CC(C)Oc1cc(N(C)C2CCSC2)ccc1N. The fraction of sp³-hybridized carbons (Fsp3) is 0.571. The summed E-state index contributed by atoms with van der Waals surface area (Å²) >= 11 is 2.03. The van der Waals surface area contributed by atoms with Crippen LogP contribution in [-0.4, -0.2) is 30.7 Å². The zero-order chi connectivity index (χ0) is 13.1. The third kappa shape index (κ3) is 3.05. The molecule has 1 atom stereocenters. The van der Waals surface area contributed by atoms with Gasteiger partial charge in [0.25, 0.3) is 0 Å². The molecule has 1 heterocycles. The quantitative estimate of drug-likeness (QED) is 0.850. The third-order valence-electron chi connectivity index (χ3n) is 3.22. The van der Waals surface area contributed by atoms with E-state index in [2.05, 4.69) is 24.1 Å². The Balaban J connectivity index is 2.17. The van der Waals surface area contributed by atoms with E-state index in [9.17, 15) is 0 Å². The monoisotopic (exact) mass is 266 g/mol. The number of rotatable bonds is 4. The van der Waals surface area contributed by atoms with Crippen molar-refractivity contribution < 1.29 is 4.74 Å². The minimum absolute atomic E-state index is 0.148. The molecule has 3 nitrogen and oxygen atoms in total. The van der Waals surface area contributed by atoms with Crippen LogP contribution < -0.4 is 15.4 Å². The zero-order valence-corrected chi connectivity index (χ0v) is 12.2. The van der Waals surface area contributed by atoms with Crippen LogP contribution in [0.25, 0.3) is 0 Å². The summed E-state index contributed by atoms with van der Waals surface area (Å²) in [4.78, 5) is 2.34. The molecule has 0 spiro atoms. The number of hydrogen-bond acceptors (Lipinski definition) is 4. The predicted octanol–water partition coefficient (Wildman–Crippen LogP) is 3.00. The molecular weight excluding hydrogens is 244 g/mol. The highest BCUT2D eigenvalue weighted by Gasteiger charge is 2.21. The number of hydrogen-bond donors (Lipinski definition) is 1. The lowest BCUT2D eigenvalue weighted by Gasteiger charge is -2.27. The van der Waals surface area contributed by atoms with Crippen molar-refractivity contribution >= 4 is 23.1 Å². The van der Waals surface area contributed by atoms with Crippen molar-refractivity contribution in [1.82, 2.24) is 0 Å². The second-order valence-corrected chi connectivity index (χ2v) is 6.17. The molecule has 0 bridgehead atoms. The van der Waals surface area contributed by atoms with E-state index in [1.807, 2.05) is 31.7 Å². The molecule has 1 unspecified atom stereocenters. The summed E-state index contributed by atoms with van der Waals surface area (Å²) in [6.45, 7) is 4.03. The van der Waals surface area contributed by atoms with Gasteiger partial charge in [0.05, 0.1) is 11.8 Å². The molecular formula is C14H22N2OS. The fourth-order valence-electron chi connectivity index (χ4n) is 2.14. The van der Waals surface area contributed by atoms with Gasteiger partial charge in [0, 0.05) is 30.6 Å². The molecule has 1 aliphatic rings. The average Bonchev–Trinajstić information content (AvgIpc) is 2.84. The molecule has 2 N–H and O–H groups in total. The van der Waals surface area contributed by atoms with Gasteiger partial charge in [-0.15, -0.1) is 0 Å². The van der Waals surface area contributed by atoms with Crippen LogP contribution in [0.1, 0.15) is 20.3 Å². The molecule has 0 radical (unpaired) electrons. The largest absolute Gasteiger partial charge is 0.489 e. The van der Waals surface area contributed by atoms with E-state index in [-0.39, 0.29) is 6.10 Å². The Morgan fingerprint density at radius 3 is 2.83 bits per heavy atom. The Morgan fingerprint density at radius 2 is 2.22 bits per heavy atom. The first kappa shape index (κ1) is 13.4. The van der Waals surface area contributed by atoms with Crippen LogP contribution in [0.5, 0.6) is 5.75 Å². The zero-order valence-electron chi connectivity index (χ0n) is 11.3. The Hall–Kier alpha value is -1.03. The van der Waals surface area contributed by atoms with Crippen LogP contribution in [0.15, 0.2) is 18.2 Å². The molecule has 2 rings (SSSR count). The van der Waals surface area contributed by atoms with Crippen LogP contribution in [-0.2, 0) is 0 Å². The van der Waals surface area contributed by atoms with E-state index in [1.54, 1.807) is 0 Å². The van der Waals surface area contributed by atoms with Gasteiger partial charge < -0.3 is 15.4 Å². The summed E-state index contributed by atoms with van der Waals surface area (Å²) in [5, 5.41) is 0. The third-order valence-corrected chi connectivity index (χ3v) is 4.37. The van der Waals surface area contributed by atoms with Crippen molar-refractivity contribution in [3.63, 3.8) is 0 Å². The van der Waals surface area contributed by atoms with Crippen molar-refractivity contribution in [1.29, 1.82) is 0 Å². The highest BCUT2D eigenvalue weighted by Crippen LogP contribution is 2.31. The molecule has 4 heteroatoms. The summed E-state index contributed by atoms with van der Waals surface area (Å²) in [6, 6.07) is 6.70. The molecule has 0 saturated carbocycles. The number of nitrogen functional groups attached to an aromatic ring is 1. The normalized spacial score (nSPS) is 19.2. The fourth-order valence-corrected chi connectivity index (χ4v) is 3.40. The molecule has 0 aliphatic carbocycles. The maximum Gasteiger partial charge on any atom is 0.144 e. The molecule has 1 aromatic carbocycles. The lowest BCUT2D eigenvalue weighted by molar-refractivity contribution is 0.244. The Labute approximate surface area is 114 Å². The Kier molecular flexibility index (Phi) is 4.27. The van der Waals surface area contributed by atoms with Crippen molar-refractivity contribution in [3.05, 3.63) is 18.2 Å². The molecule has 100 valence electrons. The molecule has 18 heavy (non-hydrogen) atoms. The minimum atomic E-state index is 0.148. The van der Waals surface area contributed by atoms with Crippen LogP contribution in [0, 0.1) is 0 Å². The topological polar surface area (TPSA) is 38.5 Å². The van der Waals surface area contributed by atoms with Crippen LogP contribution >= 0.6 is 11.8 Å². The van der Waals surface area contributed by atoms with Gasteiger partial charge in [0.1, 0.15) is 5.75 Å². The van der Waals surface area contributed by atoms with Crippen LogP contribution in [0.4, 0.5) is 11.4 Å². The van der Waals surface area contributed by atoms with Gasteiger partial charge in [-0.1, -0.05) is 0 Å². The Morgan fingerprint density at radius 1 is 1.44 bits per heavy atom. The second-order valence-electron chi connectivity index (χ2n) is 5.02. The number of benzene rings is 1. The van der Waals surface area contributed by atoms with Gasteiger partial charge in [-0.05, 0) is 38.2 Å². The molecule has 0 aromatic heterocycles. The van der Waals surface area contributed by atoms with E-state index >= 15 is 0 Å². The predicted molar refractivity (Wildman–Crippen MR) is 80.8 cm³/mol. The van der Waals surface area contributed by atoms with E-state index in [0.29, 0.717) is 11.7 Å². The summed E-state index contributed by atoms with van der Waals surface area (Å²) in [7, 11) is 2.15. The van der Waals surface area contributed by atoms with Gasteiger partial charge in [-0.3, -0.25) is 0 Å². The van der Waals surface area contributed by atoms with Crippen molar-refractivity contribution in [3.8, 4) is 5.75 Å². The van der Waals surface area contributed by atoms with E-state index in [1.165, 1.54) is 23.6 Å². The van der Waals surface area contributed by atoms with E-state index < -0.39 is 0 Å². The molecule has 0 amide bonds. The first-order valence-corrected chi connectivity index (χ1v) is 7.60. The lowest BCUT2D eigenvalue weighted by Crippen LogP contribution is -2.31. The minimum Gasteiger partial charge on any atom is -0.489 e. The Bertz CT molecular complexity index is 403. The molecule has 1 fully saturated rings. The summed E-state index contributed by atoms with van der Waals surface area (Å²) in [5.74, 6) is 3.26. The van der Waals surface area contributed by atoms with Crippen LogP contribution in [0.3, 0.4) is 0 Å². The number of nitrogens with zero attached hydrogens (tertiary/aromatic N) is 1. The van der Waals surface area contributed by atoms with E-state index in [4.69, 9.17) is 10.5 Å². The van der Waals surface area contributed by atoms with Crippen LogP contribution in [0.2, 0.25) is 0 Å².